The number of Topliss-reactive ketones (excluding diaryl/α,β-unsaturated/α-hetero) is 1. The van der Waals surface area contributed by atoms with Gasteiger partial charge >= 0.3 is 0 Å². The highest BCUT2D eigenvalue weighted by atomic mass is 16.6. The van der Waals surface area contributed by atoms with Crippen LogP contribution in [0.2, 0.25) is 0 Å². The van der Waals surface area contributed by atoms with E-state index in [9.17, 15) is 14.9 Å². The van der Waals surface area contributed by atoms with Crippen molar-refractivity contribution in [3.63, 3.8) is 0 Å². The Labute approximate surface area is 136 Å². The van der Waals surface area contributed by atoms with Gasteiger partial charge in [-0.25, -0.2) is 0 Å². The third-order valence-corrected chi connectivity index (χ3v) is 3.93. The summed E-state index contributed by atoms with van der Waals surface area (Å²) in [4.78, 5) is 22.5. The SMILES string of the molecule is CCCC(C)CC(=O)c1ccc(-c2ccc([N+](=O)[O-])cc2)cc1. The minimum atomic E-state index is -0.414. The van der Waals surface area contributed by atoms with Crippen molar-refractivity contribution in [3.05, 3.63) is 64.2 Å². The van der Waals surface area contributed by atoms with E-state index in [0.717, 1.165) is 29.5 Å². The van der Waals surface area contributed by atoms with Gasteiger partial charge in [0.15, 0.2) is 5.78 Å². The van der Waals surface area contributed by atoms with Crippen LogP contribution in [0.1, 0.15) is 43.5 Å². The van der Waals surface area contributed by atoms with E-state index in [1.54, 1.807) is 12.1 Å². The molecule has 0 saturated carbocycles. The predicted octanol–water partition coefficient (Wildman–Crippen LogP) is 5.27. The maximum absolute atomic E-state index is 12.2. The molecule has 0 bridgehead atoms. The zero-order valence-electron chi connectivity index (χ0n) is 13.5. The molecule has 120 valence electrons. The average molecular weight is 311 g/mol. The van der Waals surface area contributed by atoms with Gasteiger partial charge in [0.05, 0.1) is 4.92 Å². The molecule has 23 heavy (non-hydrogen) atoms. The predicted molar refractivity (Wildman–Crippen MR) is 91.6 cm³/mol. The lowest BCUT2D eigenvalue weighted by Crippen LogP contribution is -2.05. The highest BCUT2D eigenvalue weighted by Crippen LogP contribution is 2.23. The molecule has 4 heteroatoms. The third kappa shape index (κ3) is 4.49. The molecule has 2 aromatic rings. The summed E-state index contributed by atoms with van der Waals surface area (Å²) in [5, 5.41) is 10.7. The molecular weight excluding hydrogens is 290 g/mol. The first-order chi connectivity index (χ1) is 11.0. The second-order valence-corrected chi connectivity index (χ2v) is 5.90. The smallest absolute Gasteiger partial charge is 0.269 e. The van der Waals surface area contributed by atoms with Gasteiger partial charge in [-0.3, -0.25) is 14.9 Å². The minimum absolute atomic E-state index is 0.0745. The van der Waals surface area contributed by atoms with Crippen molar-refractivity contribution in [2.45, 2.75) is 33.1 Å². The van der Waals surface area contributed by atoms with E-state index in [1.807, 2.05) is 24.3 Å². The Morgan fingerprint density at radius 3 is 2.04 bits per heavy atom. The molecule has 0 heterocycles. The van der Waals surface area contributed by atoms with Crippen LogP contribution in [0.15, 0.2) is 48.5 Å². The molecule has 2 rings (SSSR count). The van der Waals surface area contributed by atoms with E-state index in [0.29, 0.717) is 12.3 Å². The summed E-state index contributed by atoms with van der Waals surface area (Å²) in [6, 6.07) is 13.9. The molecule has 0 fully saturated rings. The first kappa shape index (κ1) is 16.9. The van der Waals surface area contributed by atoms with Crippen LogP contribution in [0.5, 0.6) is 0 Å². The van der Waals surface area contributed by atoms with Crippen LogP contribution < -0.4 is 0 Å². The van der Waals surface area contributed by atoms with Gasteiger partial charge in [-0.2, -0.15) is 0 Å². The van der Waals surface area contributed by atoms with Crippen molar-refractivity contribution < 1.29 is 9.72 Å². The number of nitrogens with zero attached hydrogens (tertiary/aromatic N) is 1. The number of carbonyl (C=O) groups excluding carboxylic acids is 1. The lowest BCUT2D eigenvalue weighted by molar-refractivity contribution is -0.384. The summed E-state index contributed by atoms with van der Waals surface area (Å²) in [5.41, 5.74) is 2.64. The number of nitro benzene ring substituents is 1. The molecule has 4 nitrogen and oxygen atoms in total. The van der Waals surface area contributed by atoms with Crippen LogP contribution in [0.25, 0.3) is 11.1 Å². The van der Waals surface area contributed by atoms with Crippen molar-refractivity contribution in [2.24, 2.45) is 5.92 Å². The van der Waals surface area contributed by atoms with E-state index >= 15 is 0 Å². The fraction of sp³-hybridized carbons (Fsp3) is 0.316. The molecule has 0 radical (unpaired) electrons. The lowest BCUT2D eigenvalue weighted by atomic mass is 9.95. The van der Waals surface area contributed by atoms with Crippen molar-refractivity contribution >= 4 is 11.5 Å². The summed E-state index contributed by atoms with van der Waals surface area (Å²) >= 11 is 0. The monoisotopic (exact) mass is 311 g/mol. The van der Waals surface area contributed by atoms with E-state index in [4.69, 9.17) is 0 Å². The maximum atomic E-state index is 12.2. The number of rotatable bonds is 7. The Morgan fingerprint density at radius 1 is 1.04 bits per heavy atom. The Balaban J connectivity index is 2.09. The Hall–Kier alpha value is -2.49. The fourth-order valence-corrected chi connectivity index (χ4v) is 2.65. The van der Waals surface area contributed by atoms with Crippen LogP contribution in [0, 0.1) is 16.0 Å². The Morgan fingerprint density at radius 2 is 1.57 bits per heavy atom. The molecule has 0 N–H and O–H groups in total. The van der Waals surface area contributed by atoms with Crippen LogP contribution in [-0.2, 0) is 0 Å². The van der Waals surface area contributed by atoms with Crippen LogP contribution in [0.4, 0.5) is 5.69 Å². The lowest BCUT2D eigenvalue weighted by Gasteiger charge is -2.09. The number of benzene rings is 2. The summed E-state index contributed by atoms with van der Waals surface area (Å²) in [6.07, 6.45) is 2.73. The molecule has 0 aliphatic rings. The number of hydrogen-bond acceptors (Lipinski definition) is 3. The van der Waals surface area contributed by atoms with Gasteiger partial charge in [-0.05, 0) is 29.2 Å². The van der Waals surface area contributed by atoms with Crippen molar-refractivity contribution in [2.75, 3.05) is 0 Å². The van der Waals surface area contributed by atoms with E-state index in [1.165, 1.54) is 12.1 Å². The number of carbonyl (C=O) groups is 1. The summed E-state index contributed by atoms with van der Waals surface area (Å²) < 4.78 is 0. The molecular formula is C19H21NO3. The van der Waals surface area contributed by atoms with Gasteiger partial charge in [0.25, 0.3) is 5.69 Å². The zero-order valence-corrected chi connectivity index (χ0v) is 13.5. The van der Waals surface area contributed by atoms with Gasteiger partial charge in [0, 0.05) is 24.1 Å². The van der Waals surface area contributed by atoms with Gasteiger partial charge in [-0.1, -0.05) is 51.0 Å². The summed E-state index contributed by atoms with van der Waals surface area (Å²) in [6.45, 7) is 4.23. The van der Waals surface area contributed by atoms with E-state index in [-0.39, 0.29) is 11.5 Å². The van der Waals surface area contributed by atoms with E-state index in [2.05, 4.69) is 13.8 Å². The molecule has 0 spiro atoms. The molecule has 0 aliphatic heterocycles. The van der Waals surface area contributed by atoms with Crippen molar-refractivity contribution in [3.8, 4) is 11.1 Å². The molecule has 0 saturated heterocycles. The van der Waals surface area contributed by atoms with Gasteiger partial charge in [0.2, 0.25) is 0 Å². The largest absolute Gasteiger partial charge is 0.294 e. The Kier molecular flexibility index (Phi) is 5.63. The first-order valence-corrected chi connectivity index (χ1v) is 7.89. The molecule has 0 amide bonds. The van der Waals surface area contributed by atoms with Gasteiger partial charge in [0.1, 0.15) is 0 Å². The second-order valence-electron chi connectivity index (χ2n) is 5.90. The Bertz CT molecular complexity index is 675. The minimum Gasteiger partial charge on any atom is -0.294 e. The quantitative estimate of drug-likeness (QED) is 0.397. The van der Waals surface area contributed by atoms with Gasteiger partial charge in [-0.15, -0.1) is 0 Å². The van der Waals surface area contributed by atoms with Crippen molar-refractivity contribution in [1.82, 2.24) is 0 Å². The fourth-order valence-electron chi connectivity index (χ4n) is 2.65. The highest BCUT2D eigenvalue weighted by molar-refractivity contribution is 5.96. The summed E-state index contributed by atoms with van der Waals surface area (Å²) in [7, 11) is 0. The maximum Gasteiger partial charge on any atom is 0.269 e. The molecule has 0 aromatic heterocycles. The molecule has 2 aromatic carbocycles. The first-order valence-electron chi connectivity index (χ1n) is 7.89. The number of ketones is 1. The van der Waals surface area contributed by atoms with Gasteiger partial charge < -0.3 is 0 Å². The number of nitro groups is 1. The molecule has 1 atom stereocenters. The number of hydrogen-bond donors (Lipinski definition) is 0. The van der Waals surface area contributed by atoms with E-state index < -0.39 is 4.92 Å². The van der Waals surface area contributed by atoms with Crippen molar-refractivity contribution in [1.29, 1.82) is 0 Å². The summed E-state index contributed by atoms with van der Waals surface area (Å²) in [5.74, 6) is 0.572. The standard InChI is InChI=1S/C19H21NO3/c1-3-4-14(2)13-19(21)17-7-5-15(6-8-17)16-9-11-18(12-10-16)20(22)23/h5-12,14H,3-4,13H2,1-2H3. The van der Waals surface area contributed by atoms with Crippen LogP contribution >= 0.6 is 0 Å². The topological polar surface area (TPSA) is 60.2 Å². The molecule has 0 aliphatic carbocycles. The highest BCUT2D eigenvalue weighted by Gasteiger charge is 2.11. The zero-order chi connectivity index (χ0) is 16.8. The average Bonchev–Trinajstić information content (AvgIpc) is 2.55. The molecule has 1 unspecified atom stereocenters. The number of non-ortho nitro benzene ring substituents is 1. The second kappa shape index (κ2) is 7.68. The van der Waals surface area contributed by atoms with Crippen LogP contribution in [-0.4, -0.2) is 10.7 Å². The third-order valence-electron chi connectivity index (χ3n) is 3.93. The van der Waals surface area contributed by atoms with Crippen LogP contribution in [0.3, 0.4) is 0 Å². The normalized spacial score (nSPS) is 11.9.